The van der Waals surface area contributed by atoms with E-state index in [4.69, 9.17) is 10.9 Å². The van der Waals surface area contributed by atoms with Crippen LogP contribution in [0.4, 0.5) is 13.2 Å². The molecule has 0 aromatic heterocycles. The molecule has 0 fully saturated rings. The second-order valence-electron chi connectivity index (χ2n) is 3.71. The van der Waals surface area contributed by atoms with Crippen molar-refractivity contribution >= 4 is 16.0 Å². The van der Waals surface area contributed by atoms with Crippen molar-refractivity contribution in [1.82, 2.24) is 9.44 Å². The Morgan fingerprint density at radius 3 is 2.28 bits per heavy atom. The van der Waals surface area contributed by atoms with Crippen molar-refractivity contribution in [2.24, 2.45) is 10.9 Å². The van der Waals surface area contributed by atoms with Crippen LogP contribution in [0, 0.1) is 0 Å². The predicted octanol–water partition coefficient (Wildman–Crippen LogP) is -0.112. The third-order valence-electron chi connectivity index (χ3n) is 2.20. The Hall–Kier alpha value is -1.07. The molecule has 0 spiro atoms. The molecule has 0 heterocycles. The lowest BCUT2D eigenvalue weighted by atomic mass is 10.00. The SMILES string of the molecule is CCC(C)(NS(=O)(=O)NCC(F)(F)F)C(N)=NO. The van der Waals surface area contributed by atoms with Crippen molar-refractivity contribution in [3.63, 3.8) is 0 Å². The fourth-order valence-electron chi connectivity index (χ4n) is 0.925. The summed E-state index contributed by atoms with van der Waals surface area (Å²) in [5, 5.41) is 11.1. The first-order valence-electron chi connectivity index (χ1n) is 4.79. The van der Waals surface area contributed by atoms with Gasteiger partial charge in [0, 0.05) is 0 Å². The van der Waals surface area contributed by atoms with E-state index in [0.717, 1.165) is 0 Å². The molecule has 0 amide bonds. The van der Waals surface area contributed by atoms with E-state index in [-0.39, 0.29) is 6.42 Å². The number of alkyl halides is 3. The summed E-state index contributed by atoms with van der Waals surface area (Å²) in [5.74, 6) is -0.456. The minimum Gasteiger partial charge on any atom is -0.409 e. The monoisotopic (exact) mass is 292 g/mol. The van der Waals surface area contributed by atoms with Crippen LogP contribution in [0.15, 0.2) is 5.16 Å². The second-order valence-corrected chi connectivity index (χ2v) is 5.21. The van der Waals surface area contributed by atoms with E-state index in [2.05, 4.69) is 5.16 Å². The van der Waals surface area contributed by atoms with Gasteiger partial charge in [-0.1, -0.05) is 12.1 Å². The molecule has 1 unspecified atom stereocenters. The van der Waals surface area contributed by atoms with Crippen LogP contribution in [-0.2, 0) is 10.2 Å². The summed E-state index contributed by atoms with van der Waals surface area (Å²) in [6, 6.07) is 0. The lowest BCUT2D eigenvalue weighted by Gasteiger charge is -2.27. The summed E-state index contributed by atoms with van der Waals surface area (Å²) in [7, 11) is -4.43. The van der Waals surface area contributed by atoms with Crippen LogP contribution in [0.5, 0.6) is 0 Å². The molecule has 0 rings (SSSR count). The quantitative estimate of drug-likeness (QED) is 0.236. The Labute approximate surface area is 102 Å². The first kappa shape index (κ1) is 16.9. The van der Waals surface area contributed by atoms with Crippen LogP contribution in [0.3, 0.4) is 0 Å². The van der Waals surface area contributed by atoms with E-state index in [1.165, 1.54) is 18.6 Å². The van der Waals surface area contributed by atoms with Crippen molar-refractivity contribution in [3.8, 4) is 0 Å². The van der Waals surface area contributed by atoms with Crippen LogP contribution in [0.25, 0.3) is 0 Å². The zero-order valence-electron chi connectivity index (χ0n) is 9.74. The molecule has 0 aliphatic rings. The maximum atomic E-state index is 11.9. The molecule has 0 aliphatic carbocycles. The van der Waals surface area contributed by atoms with Gasteiger partial charge < -0.3 is 10.9 Å². The van der Waals surface area contributed by atoms with E-state index in [1.807, 2.05) is 4.72 Å². The van der Waals surface area contributed by atoms with Gasteiger partial charge in [0.25, 0.3) is 10.2 Å². The minimum absolute atomic E-state index is 0.0792. The van der Waals surface area contributed by atoms with E-state index in [9.17, 15) is 21.6 Å². The largest absolute Gasteiger partial charge is 0.409 e. The second kappa shape index (κ2) is 5.71. The highest BCUT2D eigenvalue weighted by atomic mass is 32.2. The van der Waals surface area contributed by atoms with Gasteiger partial charge in [-0.3, -0.25) is 0 Å². The van der Waals surface area contributed by atoms with Crippen LogP contribution in [0.1, 0.15) is 20.3 Å². The lowest BCUT2D eigenvalue weighted by molar-refractivity contribution is -0.121. The highest BCUT2D eigenvalue weighted by Crippen LogP contribution is 2.14. The van der Waals surface area contributed by atoms with Crippen molar-refractivity contribution in [2.75, 3.05) is 6.54 Å². The molecule has 11 heteroatoms. The molecule has 0 saturated heterocycles. The maximum Gasteiger partial charge on any atom is 0.402 e. The number of nitrogens with one attached hydrogen (secondary N) is 2. The summed E-state index contributed by atoms with van der Waals surface area (Å²) < 4.78 is 61.6. The van der Waals surface area contributed by atoms with E-state index in [1.54, 1.807) is 0 Å². The van der Waals surface area contributed by atoms with Crippen molar-refractivity contribution in [2.45, 2.75) is 32.0 Å². The van der Waals surface area contributed by atoms with Crippen LogP contribution in [-0.4, -0.2) is 37.7 Å². The number of hydrogen-bond donors (Lipinski definition) is 4. The molecule has 0 bridgehead atoms. The van der Waals surface area contributed by atoms with Crippen molar-refractivity contribution in [3.05, 3.63) is 0 Å². The van der Waals surface area contributed by atoms with Gasteiger partial charge in [0.05, 0.1) is 5.54 Å². The highest BCUT2D eigenvalue weighted by molar-refractivity contribution is 7.87. The first-order valence-corrected chi connectivity index (χ1v) is 6.27. The molecule has 0 radical (unpaired) electrons. The average Bonchev–Trinajstić information content (AvgIpc) is 2.24. The summed E-state index contributed by atoms with van der Waals surface area (Å²) >= 11 is 0. The molecule has 18 heavy (non-hydrogen) atoms. The van der Waals surface area contributed by atoms with Crippen molar-refractivity contribution in [1.29, 1.82) is 0 Å². The number of amidine groups is 1. The van der Waals surface area contributed by atoms with Crippen LogP contribution in [0.2, 0.25) is 0 Å². The van der Waals surface area contributed by atoms with Gasteiger partial charge >= 0.3 is 6.18 Å². The molecule has 0 saturated carbocycles. The van der Waals surface area contributed by atoms with Crippen molar-refractivity contribution < 1.29 is 26.8 Å². The van der Waals surface area contributed by atoms with Gasteiger partial charge in [0.15, 0.2) is 5.84 Å². The molecule has 5 N–H and O–H groups in total. The number of oxime groups is 1. The lowest BCUT2D eigenvalue weighted by Crippen LogP contribution is -2.58. The first-order chi connectivity index (χ1) is 7.96. The normalized spacial score (nSPS) is 17.5. The average molecular weight is 292 g/mol. The molecule has 0 aromatic carbocycles. The number of nitrogens with two attached hydrogens (primary N) is 1. The van der Waals surface area contributed by atoms with Gasteiger partial charge in [0.2, 0.25) is 0 Å². The molecule has 108 valence electrons. The number of nitrogens with zero attached hydrogens (tertiary/aromatic N) is 1. The van der Waals surface area contributed by atoms with Gasteiger partial charge in [0.1, 0.15) is 6.54 Å². The highest BCUT2D eigenvalue weighted by Gasteiger charge is 2.35. The maximum absolute atomic E-state index is 11.9. The topological polar surface area (TPSA) is 117 Å². The summed E-state index contributed by atoms with van der Waals surface area (Å²) in [6.07, 6.45) is -4.59. The third-order valence-corrected chi connectivity index (χ3v) is 3.45. The van der Waals surface area contributed by atoms with E-state index >= 15 is 0 Å². The van der Waals surface area contributed by atoms with E-state index < -0.39 is 34.3 Å². The zero-order chi connectivity index (χ0) is 14.6. The minimum atomic E-state index is -4.67. The Bertz CT molecular complexity index is 409. The van der Waals surface area contributed by atoms with Gasteiger partial charge in [-0.25, -0.2) is 0 Å². The number of hydrogen-bond acceptors (Lipinski definition) is 4. The Balaban J connectivity index is 4.85. The molecule has 0 aliphatic heterocycles. The van der Waals surface area contributed by atoms with E-state index in [0.29, 0.717) is 0 Å². The van der Waals surface area contributed by atoms with Crippen LogP contribution >= 0.6 is 0 Å². The summed E-state index contributed by atoms with van der Waals surface area (Å²) in [6.45, 7) is 1.08. The van der Waals surface area contributed by atoms with Gasteiger partial charge in [-0.2, -0.15) is 31.0 Å². The Kier molecular flexibility index (Phi) is 5.37. The fraction of sp³-hybridized carbons (Fsp3) is 0.857. The zero-order valence-corrected chi connectivity index (χ0v) is 10.6. The van der Waals surface area contributed by atoms with Gasteiger partial charge in [-0.15, -0.1) is 0 Å². The third kappa shape index (κ3) is 5.51. The smallest absolute Gasteiger partial charge is 0.402 e. The van der Waals surface area contributed by atoms with Crippen LogP contribution < -0.4 is 15.2 Å². The predicted molar refractivity (Wildman–Crippen MR) is 58.2 cm³/mol. The standard InChI is InChI=1S/C7H15F3N4O3S/c1-3-6(2,5(11)13-15)14-18(16,17)12-4-7(8,9)10/h12,14-15H,3-4H2,1-2H3,(H2,11,13). The molecule has 0 aromatic rings. The van der Waals surface area contributed by atoms with Gasteiger partial charge in [-0.05, 0) is 13.3 Å². The molecule has 1 atom stereocenters. The summed E-state index contributed by atoms with van der Waals surface area (Å²) in [5.41, 5.74) is 3.79. The fourth-order valence-corrected chi connectivity index (χ4v) is 2.19. The summed E-state index contributed by atoms with van der Waals surface area (Å²) in [4.78, 5) is 0. The molecule has 7 nitrogen and oxygen atoms in total. The molecular formula is C7H15F3N4O3S. The molecular weight excluding hydrogens is 277 g/mol. The Morgan fingerprint density at radius 1 is 1.44 bits per heavy atom. The number of rotatable bonds is 6. The Morgan fingerprint density at radius 2 is 1.94 bits per heavy atom. The number of halogens is 3.